The second-order valence-corrected chi connectivity index (χ2v) is 4.99. The Morgan fingerprint density at radius 2 is 2.00 bits per heavy atom. The summed E-state index contributed by atoms with van der Waals surface area (Å²) in [5, 5.41) is 3.50. The number of nitrogens with one attached hydrogen (secondary N) is 1. The van der Waals surface area contributed by atoms with Crippen LogP contribution in [0.4, 0.5) is 23.2 Å². The maximum atomic E-state index is 13.4. The van der Waals surface area contributed by atoms with Crippen LogP contribution in [0.5, 0.6) is 0 Å². The third-order valence-corrected chi connectivity index (χ3v) is 3.94. The quantitative estimate of drug-likeness (QED) is 0.595. The van der Waals surface area contributed by atoms with E-state index in [4.69, 9.17) is 0 Å². The first-order valence-corrected chi connectivity index (χ1v) is 6.31. The molecule has 1 N–H and O–H groups in total. The van der Waals surface area contributed by atoms with Gasteiger partial charge in [-0.15, -0.1) is 0 Å². The highest BCUT2D eigenvalue weighted by Gasteiger charge is 2.36. The van der Waals surface area contributed by atoms with Crippen molar-refractivity contribution in [3.63, 3.8) is 0 Å². The van der Waals surface area contributed by atoms with Crippen molar-refractivity contribution in [2.75, 3.05) is 10.6 Å². The molecule has 1 unspecified atom stereocenters. The van der Waals surface area contributed by atoms with Crippen LogP contribution in [-0.2, 0) is 6.18 Å². The van der Waals surface area contributed by atoms with Gasteiger partial charge in [-0.25, -0.2) is 4.39 Å². The molecule has 0 aromatic heterocycles. The van der Waals surface area contributed by atoms with Crippen LogP contribution in [0.15, 0.2) is 18.2 Å². The lowest BCUT2D eigenvalue weighted by Gasteiger charge is -2.31. The average molecular weight is 324 g/mol. The maximum absolute atomic E-state index is 13.4. The van der Waals surface area contributed by atoms with Crippen LogP contribution in [0, 0.1) is 5.82 Å². The minimum absolute atomic E-state index is 0.285. The summed E-state index contributed by atoms with van der Waals surface area (Å²) in [7, 11) is 0. The maximum Gasteiger partial charge on any atom is 0.419 e. The summed E-state index contributed by atoms with van der Waals surface area (Å²) in [4.78, 5) is 0. The second kappa shape index (κ2) is 4.26. The lowest BCUT2D eigenvalue weighted by Crippen LogP contribution is -2.36. The van der Waals surface area contributed by atoms with E-state index < -0.39 is 23.1 Å². The Kier molecular flexibility index (Phi) is 3.17. The topological polar surface area (TPSA) is 12.0 Å². The summed E-state index contributed by atoms with van der Waals surface area (Å²) < 4.78 is 51.2. The summed E-state index contributed by atoms with van der Waals surface area (Å²) in [6.45, 7) is 1.83. The van der Waals surface area contributed by atoms with E-state index in [9.17, 15) is 17.6 Å². The molecule has 1 aliphatic heterocycles. The fourth-order valence-corrected chi connectivity index (χ4v) is 2.08. The molecule has 18 heavy (non-hydrogen) atoms. The molecular formula is C12H10BrF4N. The van der Waals surface area contributed by atoms with Crippen molar-refractivity contribution in [1.82, 2.24) is 0 Å². The smallest absolute Gasteiger partial charge is 0.375 e. The fraction of sp³-hybridized carbons (Fsp3) is 0.333. The van der Waals surface area contributed by atoms with Crippen LogP contribution in [-0.4, -0.2) is 10.9 Å². The van der Waals surface area contributed by atoms with Crippen LogP contribution in [0.3, 0.4) is 0 Å². The third-order valence-electron chi connectivity index (χ3n) is 2.77. The molecule has 1 aromatic rings. The number of alkyl halides is 4. The van der Waals surface area contributed by atoms with Gasteiger partial charge >= 0.3 is 6.18 Å². The van der Waals surface area contributed by atoms with Crippen LogP contribution >= 0.6 is 15.9 Å². The highest BCUT2D eigenvalue weighted by molar-refractivity contribution is 9.09. The van der Waals surface area contributed by atoms with E-state index in [1.54, 1.807) is 12.2 Å². The number of anilines is 1. The fourth-order valence-electron chi connectivity index (χ4n) is 1.75. The molecule has 0 bridgehead atoms. The lowest BCUT2D eigenvalue weighted by atomic mass is 9.95. The summed E-state index contributed by atoms with van der Waals surface area (Å²) in [5.74, 6) is -1.25. The third kappa shape index (κ3) is 2.39. The molecule has 0 spiro atoms. The largest absolute Gasteiger partial charge is 0.419 e. The van der Waals surface area contributed by atoms with Gasteiger partial charge in [0, 0.05) is 16.6 Å². The Balaban J connectivity index is 2.51. The molecule has 2 rings (SSSR count). The van der Waals surface area contributed by atoms with Crippen molar-refractivity contribution >= 4 is 27.7 Å². The van der Waals surface area contributed by atoms with Crippen molar-refractivity contribution < 1.29 is 17.6 Å². The average Bonchev–Trinajstić information content (AvgIpc) is 2.27. The number of halogens is 5. The van der Waals surface area contributed by atoms with Crippen molar-refractivity contribution in [3.8, 4) is 0 Å². The Labute approximate surface area is 110 Å². The van der Waals surface area contributed by atoms with Gasteiger partial charge in [0.1, 0.15) is 5.82 Å². The molecule has 1 aromatic carbocycles. The molecule has 1 nitrogen and oxygen atoms in total. The van der Waals surface area contributed by atoms with E-state index in [-0.39, 0.29) is 5.69 Å². The normalized spacial score (nSPS) is 22.6. The van der Waals surface area contributed by atoms with Gasteiger partial charge in [-0.3, -0.25) is 0 Å². The molecule has 1 heterocycles. The molecule has 6 heteroatoms. The standard InChI is InChI=1S/C12H10BrF4N/c1-11(6-13)3-2-7-4-9(14)8(12(15,16)17)5-10(7)18-11/h2-5,18H,6H2,1H3. The van der Waals surface area contributed by atoms with Crippen LogP contribution in [0.25, 0.3) is 6.08 Å². The predicted molar refractivity (Wildman–Crippen MR) is 66.3 cm³/mol. The van der Waals surface area contributed by atoms with E-state index in [0.717, 1.165) is 12.1 Å². The Bertz CT molecular complexity index is 510. The highest BCUT2D eigenvalue weighted by atomic mass is 79.9. The first kappa shape index (κ1) is 13.4. The number of fused-ring (bicyclic) bond motifs is 1. The molecular weight excluding hydrogens is 314 g/mol. The second-order valence-electron chi connectivity index (χ2n) is 4.43. The first-order valence-electron chi connectivity index (χ1n) is 5.19. The van der Waals surface area contributed by atoms with Gasteiger partial charge in [0.2, 0.25) is 0 Å². The van der Waals surface area contributed by atoms with E-state index in [1.807, 2.05) is 6.92 Å². The van der Waals surface area contributed by atoms with Gasteiger partial charge in [0.15, 0.2) is 0 Å². The minimum Gasteiger partial charge on any atom is -0.375 e. The van der Waals surface area contributed by atoms with Crippen molar-refractivity contribution in [2.24, 2.45) is 0 Å². The van der Waals surface area contributed by atoms with Crippen molar-refractivity contribution in [2.45, 2.75) is 18.6 Å². The van der Waals surface area contributed by atoms with Gasteiger partial charge in [-0.2, -0.15) is 13.2 Å². The summed E-state index contributed by atoms with van der Waals surface area (Å²) >= 11 is 3.28. The lowest BCUT2D eigenvalue weighted by molar-refractivity contribution is -0.139. The molecule has 0 fully saturated rings. The number of hydrogen-bond acceptors (Lipinski definition) is 1. The minimum atomic E-state index is -4.69. The molecule has 1 atom stereocenters. The molecule has 0 saturated carbocycles. The molecule has 0 radical (unpaired) electrons. The monoisotopic (exact) mass is 323 g/mol. The predicted octanol–water partition coefficient (Wildman–Crippen LogP) is 4.44. The van der Waals surface area contributed by atoms with Crippen molar-refractivity contribution in [3.05, 3.63) is 35.2 Å². The highest BCUT2D eigenvalue weighted by Crippen LogP contribution is 2.37. The van der Waals surface area contributed by atoms with Gasteiger partial charge in [-0.05, 0) is 19.1 Å². The molecule has 0 saturated heterocycles. The van der Waals surface area contributed by atoms with Gasteiger partial charge in [0.25, 0.3) is 0 Å². The summed E-state index contributed by atoms with van der Waals surface area (Å²) in [6, 6.07) is 1.71. The SMILES string of the molecule is CC1(CBr)C=Cc2cc(F)c(C(F)(F)F)cc2N1. The number of hydrogen-bond donors (Lipinski definition) is 1. The zero-order chi connectivity index (χ0) is 13.6. The zero-order valence-corrected chi connectivity index (χ0v) is 11.0. The van der Waals surface area contributed by atoms with Gasteiger partial charge in [-0.1, -0.05) is 28.1 Å². The molecule has 98 valence electrons. The molecule has 0 aliphatic carbocycles. The Morgan fingerprint density at radius 1 is 1.33 bits per heavy atom. The summed E-state index contributed by atoms with van der Waals surface area (Å²) in [5.41, 5.74) is -1.03. The Hall–Kier alpha value is -1.04. The van der Waals surface area contributed by atoms with E-state index >= 15 is 0 Å². The van der Waals surface area contributed by atoms with E-state index in [2.05, 4.69) is 21.2 Å². The van der Waals surface area contributed by atoms with E-state index in [0.29, 0.717) is 10.9 Å². The zero-order valence-electron chi connectivity index (χ0n) is 9.41. The summed E-state index contributed by atoms with van der Waals surface area (Å²) in [6.07, 6.45) is -1.28. The Morgan fingerprint density at radius 3 is 2.56 bits per heavy atom. The molecule has 1 aliphatic rings. The van der Waals surface area contributed by atoms with Gasteiger partial charge in [0.05, 0.1) is 11.1 Å². The van der Waals surface area contributed by atoms with E-state index in [1.165, 1.54) is 0 Å². The molecule has 0 amide bonds. The number of benzene rings is 1. The van der Waals surface area contributed by atoms with Crippen LogP contribution < -0.4 is 5.32 Å². The van der Waals surface area contributed by atoms with Gasteiger partial charge < -0.3 is 5.32 Å². The number of rotatable bonds is 1. The van der Waals surface area contributed by atoms with Crippen molar-refractivity contribution in [1.29, 1.82) is 0 Å². The first-order chi connectivity index (χ1) is 8.25. The van der Waals surface area contributed by atoms with Crippen LogP contribution in [0.1, 0.15) is 18.1 Å². The van der Waals surface area contributed by atoms with Crippen LogP contribution in [0.2, 0.25) is 0 Å².